The molecule has 2 amide bonds. The number of amides is 2. The summed E-state index contributed by atoms with van der Waals surface area (Å²) in [6, 6.07) is 10.8. The quantitative estimate of drug-likeness (QED) is 0.701. The van der Waals surface area contributed by atoms with Crippen LogP contribution in [0.3, 0.4) is 0 Å². The molecule has 3 aliphatic rings. The molecule has 1 aliphatic heterocycles. The summed E-state index contributed by atoms with van der Waals surface area (Å²) in [5.41, 5.74) is 3.39. The number of hydrogen-bond acceptors (Lipinski definition) is 3. The zero-order valence-corrected chi connectivity index (χ0v) is 19.3. The summed E-state index contributed by atoms with van der Waals surface area (Å²) in [6.07, 6.45) is 6.18. The predicted molar refractivity (Wildman–Crippen MR) is 125 cm³/mol. The van der Waals surface area contributed by atoms with Gasteiger partial charge in [0.2, 0.25) is 11.8 Å². The van der Waals surface area contributed by atoms with Crippen molar-refractivity contribution in [1.82, 2.24) is 10.2 Å². The number of carbonyl (C=O) groups is 2. The molecule has 5 heteroatoms. The number of likely N-dealkylation sites (tertiary alicyclic amines) is 1. The van der Waals surface area contributed by atoms with Crippen LogP contribution in [0, 0.1) is 16.7 Å². The average Bonchev–Trinajstić information content (AvgIpc) is 3.05. The molecule has 0 bridgehead atoms. The molecular weight excluding hydrogens is 404 g/mol. The smallest absolute Gasteiger partial charge is 0.228 e. The Labute approximate surface area is 189 Å². The summed E-state index contributed by atoms with van der Waals surface area (Å²) in [7, 11) is 0. The first kappa shape index (κ1) is 20.7. The van der Waals surface area contributed by atoms with E-state index >= 15 is 0 Å². The van der Waals surface area contributed by atoms with Crippen LogP contribution in [0.15, 0.2) is 41.1 Å². The van der Waals surface area contributed by atoms with Gasteiger partial charge in [0, 0.05) is 25.0 Å². The number of benzene rings is 1. The van der Waals surface area contributed by atoms with Gasteiger partial charge in [0.1, 0.15) is 0 Å². The van der Waals surface area contributed by atoms with Crippen LogP contribution in [0.5, 0.6) is 0 Å². The summed E-state index contributed by atoms with van der Waals surface area (Å²) in [4.78, 5) is 28.5. The minimum Gasteiger partial charge on any atom is -0.353 e. The fourth-order valence-electron chi connectivity index (χ4n) is 5.62. The van der Waals surface area contributed by atoms with Crippen LogP contribution in [0.25, 0.3) is 11.1 Å². The fourth-order valence-corrected chi connectivity index (χ4v) is 6.29. The molecule has 31 heavy (non-hydrogen) atoms. The molecule has 3 fully saturated rings. The minimum atomic E-state index is -0.536. The van der Waals surface area contributed by atoms with Crippen LogP contribution in [0.4, 0.5) is 0 Å². The van der Waals surface area contributed by atoms with E-state index in [-0.39, 0.29) is 17.9 Å². The third-order valence-corrected chi connectivity index (χ3v) is 8.44. The van der Waals surface area contributed by atoms with Crippen molar-refractivity contribution < 1.29 is 9.59 Å². The highest BCUT2D eigenvalue weighted by Crippen LogP contribution is 2.66. The number of rotatable bonds is 6. The maximum atomic E-state index is 13.3. The molecule has 1 aromatic heterocycles. The predicted octanol–water partition coefficient (Wildman–Crippen LogP) is 4.89. The van der Waals surface area contributed by atoms with E-state index in [4.69, 9.17) is 0 Å². The Balaban J connectivity index is 1.33. The molecular formula is C26H32N2O2S. The number of nitrogens with one attached hydrogen (secondary N) is 1. The van der Waals surface area contributed by atoms with Gasteiger partial charge in [0.15, 0.2) is 0 Å². The van der Waals surface area contributed by atoms with E-state index in [1.807, 2.05) is 18.7 Å². The van der Waals surface area contributed by atoms with Crippen LogP contribution in [0.2, 0.25) is 0 Å². The Morgan fingerprint density at radius 1 is 1.13 bits per heavy atom. The fraction of sp³-hybridized carbons (Fsp3) is 0.538. The zero-order valence-electron chi connectivity index (χ0n) is 18.5. The van der Waals surface area contributed by atoms with Crippen LogP contribution in [-0.2, 0) is 16.0 Å². The lowest BCUT2D eigenvalue weighted by atomic mass is 9.79. The maximum absolute atomic E-state index is 13.3. The molecule has 1 spiro atoms. The van der Waals surface area contributed by atoms with Crippen molar-refractivity contribution in [1.29, 1.82) is 0 Å². The Morgan fingerprint density at radius 2 is 1.90 bits per heavy atom. The number of nitrogens with zero attached hydrogens (tertiary/aromatic N) is 1. The van der Waals surface area contributed by atoms with Gasteiger partial charge in [-0.05, 0) is 84.9 Å². The van der Waals surface area contributed by atoms with E-state index in [0.717, 1.165) is 18.4 Å². The molecule has 1 N–H and O–H groups in total. The van der Waals surface area contributed by atoms with Crippen LogP contribution >= 0.6 is 11.3 Å². The van der Waals surface area contributed by atoms with E-state index in [9.17, 15) is 9.59 Å². The molecule has 1 aromatic carbocycles. The second kappa shape index (κ2) is 7.77. The van der Waals surface area contributed by atoms with Gasteiger partial charge in [-0.2, -0.15) is 11.3 Å². The third kappa shape index (κ3) is 3.82. The molecule has 4 nitrogen and oxygen atoms in total. The maximum Gasteiger partial charge on any atom is 0.228 e. The average molecular weight is 437 g/mol. The van der Waals surface area contributed by atoms with Gasteiger partial charge in [-0.3, -0.25) is 9.59 Å². The van der Waals surface area contributed by atoms with Crippen molar-refractivity contribution in [3.8, 4) is 11.1 Å². The normalized spacial score (nSPS) is 26.2. The summed E-state index contributed by atoms with van der Waals surface area (Å²) < 4.78 is 0. The summed E-state index contributed by atoms with van der Waals surface area (Å²) in [5.74, 6) is 0.607. The van der Waals surface area contributed by atoms with Crippen LogP contribution < -0.4 is 5.32 Å². The van der Waals surface area contributed by atoms with Crippen molar-refractivity contribution in [3.05, 3.63) is 46.7 Å². The van der Waals surface area contributed by atoms with Gasteiger partial charge >= 0.3 is 0 Å². The SMILES string of the molecule is CC(C)NC(=O)C1(Cc2ccc(-c3ccsc3)cc2)CCN(C(=O)C2CC23CCC3)C1. The van der Waals surface area contributed by atoms with Crippen molar-refractivity contribution in [2.45, 2.75) is 58.4 Å². The van der Waals surface area contributed by atoms with E-state index < -0.39 is 5.41 Å². The Kier molecular flexibility index (Phi) is 5.20. The third-order valence-electron chi connectivity index (χ3n) is 7.76. The highest BCUT2D eigenvalue weighted by Gasteiger charge is 2.62. The first-order valence-corrected chi connectivity index (χ1v) is 12.6. The Bertz CT molecular complexity index is 962. The monoisotopic (exact) mass is 436 g/mol. The number of carbonyl (C=O) groups excluding carboxylic acids is 2. The van der Waals surface area contributed by atoms with Crippen LogP contribution in [0.1, 0.15) is 51.5 Å². The van der Waals surface area contributed by atoms with Gasteiger partial charge in [-0.15, -0.1) is 0 Å². The lowest BCUT2D eigenvalue weighted by Crippen LogP contribution is -2.47. The molecule has 5 rings (SSSR count). The number of hydrogen-bond donors (Lipinski definition) is 1. The molecule has 2 aromatic rings. The highest BCUT2D eigenvalue weighted by molar-refractivity contribution is 7.08. The van der Waals surface area contributed by atoms with E-state index in [0.29, 0.717) is 30.8 Å². The van der Waals surface area contributed by atoms with Gasteiger partial charge in [-0.1, -0.05) is 30.7 Å². The number of thiophene rings is 1. The molecule has 2 saturated carbocycles. The minimum absolute atomic E-state index is 0.0915. The molecule has 164 valence electrons. The zero-order chi connectivity index (χ0) is 21.6. The Hall–Kier alpha value is -2.14. The lowest BCUT2D eigenvalue weighted by molar-refractivity contribution is -0.135. The van der Waals surface area contributed by atoms with Crippen LogP contribution in [-0.4, -0.2) is 35.8 Å². The molecule has 0 radical (unpaired) electrons. The van der Waals surface area contributed by atoms with Gasteiger partial charge < -0.3 is 10.2 Å². The summed E-state index contributed by atoms with van der Waals surface area (Å²) >= 11 is 1.70. The van der Waals surface area contributed by atoms with Gasteiger partial charge in [0.25, 0.3) is 0 Å². The first-order valence-electron chi connectivity index (χ1n) is 11.6. The standard InChI is InChI=1S/C26H32N2O2S/c1-18(2)27-24(30)26(14-19-4-6-20(7-5-19)21-8-13-31-16-21)11-12-28(17-26)23(29)22-15-25(22)9-3-10-25/h4-8,13,16,18,22H,3,9-12,14-15,17H2,1-2H3,(H,27,30). The van der Waals surface area contributed by atoms with E-state index in [1.165, 1.54) is 30.4 Å². The van der Waals surface area contributed by atoms with Gasteiger partial charge in [-0.25, -0.2) is 0 Å². The first-order chi connectivity index (χ1) is 14.9. The second-order valence-electron chi connectivity index (χ2n) is 10.3. The lowest BCUT2D eigenvalue weighted by Gasteiger charge is -2.31. The summed E-state index contributed by atoms with van der Waals surface area (Å²) in [6.45, 7) is 5.25. The van der Waals surface area contributed by atoms with E-state index in [2.05, 4.69) is 46.4 Å². The van der Waals surface area contributed by atoms with Crippen molar-refractivity contribution in [2.75, 3.05) is 13.1 Å². The molecule has 2 atom stereocenters. The molecule has 2 heterocycles. The van der Waals surface area contributed by atoms with E-state index in [1.54, 1.807) is 11.3 Å². The van der Waals surface area contributed by atoms with Crippen molar-refractivity contribution in [2.24, 2.45) is 16.7 Å². The topological polar surface area (TPSA) is 49.4 Å². The molecule has 1 saturated heterocycles. The highest BCUT2D eigenvalue weighted by atomic mass is 32.1. The molecule has 2 aliphatic carbocycles. The largest absolute Gasteiger partial charge is 0.353 e. The van der Waals surface area contributed by atoms with Crippen molar-refractivity contribution in [3.63, 3.8) is 0 Å². The summed E-state index contributed by atoms with van der Waals surface area (Å²) in [5, 5.41) is 7.39. The molecule has 2 unspecified atom stereocenters. The van der Waals surface area contributed by atoms with Gasteiger partial charge in [0.05, 0.1) is 5.41 Å². The Morgan fingerprint density at radius 3 is 2.48 bits per heavy atom. The van der Waals surface area contributed by atoms with Crippen molar-refractivity contribution >= 4 is 23.2 Å². The second-order valence-corrected chi connectivity index (χ2v) is 11.1.